The smallest absolute Gasteiger partial charge is 0.123 e. The van der Waals surface area contributed by atoms with E-state index in [1.54, 1.807) is 7.11 Å². The number of ether oxygens (including phenoxy) is 1. The first-order chi connectivity index (χ1) is 8.45. The first kappa shape index (κ1) is 18.7. The molecule has 5 heteroatoms. The van der Waals surface area contributed by atoms with E-state index in [1.165, 1.54) is 0 Å². The van der Waals surface area contributed by atoms with Crippen molar-refractivity contribution >= 4 is 28.3 Å². The van der Waals surface area contributed by atoms with Crippen LogP contribution in [0.25, 0.3) is 0 Å². The van der Waals surface area contributed by atoms with Gasteiger partial charge < -0.3 is 15.6 Å². The molecule has 0 aliphatic carbocycles. The molecule has 3 nitrogen and oxygen atoms in total. The summed E-state index contributed by atoms with van der Waals surface area (Å²) in [4.78, 5) is 0. The molecule has 2 atom stereocenters. The zero-order valence-electron chi connectivity index (χ0n) is 11.6. The molecule has 1 aromatic rings. The number of hydrogen-bond donors (Lipinski definition) is 2. The minimum Gasteiger partial charge on any atom is -0.496 e. The van der Waals surface area contributed by atoms with E-state index in [1.807, 2.05) is 18.2 Å². The summed E-state index contributed by atoms with van der Waals surface area (Å²) in [7, 11) is 1.61. The zero-order chi connectivity index (χ0) is 13.7. The Labute approximate surface area is 130 Å². The number of benzene rings is 1. The normalized spacial score (nSPS) is 13.8. The van der Waals surface area contributed by atoms with Crippen LogP contribution in [0.2, 0.25) is 0 Å². The maximum atomic E-state index is 10.1. The van der Waals surface area contributed by atoms with Crippen LogP contribution >= 0.6 is 28.3 Å². The largest absolute Gasteiger partial charge is 0.496 e. The highest BCUT2D eigenvalue weighted by atomic mass is 79.9. The van der Waals surface area contributed by atoms with Crippen LogP contribution in [-0.4, -0.2) is 18.3 Å². The summed E-state index contributed by atoms with van der Waals surface area (Å²) in [6, 6.07) is 5.24. The lowest BCUT2D eigenvalue weighted by atomic mass is 9.95. The van der Waals surface area contributed by atoms with Crippen molar-refractivity contribution in [1.29, 1.82) is 0 Å². The molecule has 0 aliphatic rings. The lowest BCUT2D eigenvalue weighted by molar-refractivity contribution is 0.127. The second kappa shape index (κ2) is 8.80. The molecule has 110 valence electrons. The van der Waals surface area contributed by atoms with Gasteiger partial charge in [0.25, 0.3) is 0 Å². The molecule has 0 radical (unpaired) electrons. The quantitative estimate of drug-likeness (QED) is 0.821. The van der Waals surface area contributed by atoms with E-state index in [2.05, 4.69) is 29.8 Å². The maximum Gasteiger partial charge on any atom is 0.123 e. The van der Waals surface area contributed by atoms with Gasteiger partial charge in [-0.1, -0.05) is 29.8 Å². The first-order valence-electron chi connectivity index (χ1n) is 6.22. The van der Waals surface area contributed by atoms with Crippen molar-refractivity contribution in [3.63, 3.8) is 0 Å². The van der Waals surface area contributed by atoms with Gasteiger partial charge in [0.1, 0.15) is 5.75 Å². The molecule has 0 fully saturated rings. The molecule has 3 N–H and O–H groups in total. The molecule has 0 saturated heterocycles. The van der Waals surface area contributed by atoms with Gasteiger partial charge in [0.15, 0.2) is 0 Å². The molecule has 0 heterocycles. The van der Waals surface area contributed by atoms with E-state index in [9.17, 15) is 5.11 Å². The molecule has 1 aromatic carbocycles. The van der Waals surface area contributed by atoms with Crippen LogP contribution in [0.4, 0.5) is 0 Å². The molecule has 1 rings (SSSR count). The van der Waals surface area contributed by atoms with Crippen molar-refractivity contribution in [2.75, 3.05) is 7.11 Å². The summed E-state index contributed by atoms with van der Waals surface area (Å²) in [5, 5.41) is 10.1. The summed E-state index contributed by atoms with van der Waals surface area (Å²) in [6.07, 6.45) is 1.12. The summed E-state index contributed by atoms with van der Waals surface area (Å²) in [5.41, 5.74) is 6.96. The van der Waals surface area contributed by atoms with Crippen molar-refractivity contribution in [3.05, 3.63) is 28.2 Å². The number of methoxy groups -OCH3 is 1. The van der Waals surface area contributed by atoms with Gasteiger partial charge in [-0.2, -0.15) is 0 Å². The van der Waals surface area contributed by atoms with Crippen molar-refractivity contribution in [2.24, 2.45) is 11.7 Å². The number of halogens is 2. The van der Waals surface area contributed by atoms with Crippen LogP contribution in [-0.2, 0) is 0 Å². The Hall–Kier alpha value is -0.290. The van der Waals surface area contributed by atoms with Crippen molar-refractivity contribution in [2.45, 2.75) is 38.8 Å². The van der Waals surface area contributed by atoms with Gasteiger partial charge in [-0.25, -0.2) is 0 Å². The fraction of sp³-hybridized carbons (Fsp3) is 0.571. The van der Waals surface area contributed by atoms with Crippen LogP contribution in [0.1, 0.15) is 38.3 Å². The van der Waals surface area contributed by atoms with Crippen LogP contribution in [0, 0.1) is 5.92 Å². The Kier molecular flexibility index (Phi) is 8.66. The third-order valence-electron chi connectivity index (χ3n) is 3.01. The van der Waals surface area contributed by atoms with Crippen molar-refractivity contribution in [3.8, 4) is 5.75 Å². The molecular formula is C14H23BrClNO2. The highest BCUT2D eigenvalue weighted by Crippen LogP contribution is 2.30. The van der Waals surface area contributed by atoms with E-state index in [0.29, 0.717) is 18.1 Å². The lowest BCUT2D eigenvalue weighted by Crippen LogP contribution is -2.27. The lowest BCUT2D eigenvalue weighted by Gasteiger charge is -2.22. The predicted molar refractivity (Wildman–Crippen MR) is 84.9 cm³/mol. The number of nitrogens with two attached hydrogens (primary N) is 1. The van der Waals surface area contributed by atoms with Gasteiger partial charge in [0, 0.05) is 10.0 Å². The average Bonchev–Trinajstić information content (AvgIpc) is 2.34. The minimum absolute atomic E-state index is 0. The van der Waals surface area contributed by atoms with Gasteiger partial charge >= 0.3 is 0 Å². The van der Waals surface area contributed by atoms with E-state index in [-0.39, 0.29) is 12.4 Å². The Balaban J connectivity index is 0.00000324. The molecule has 0 saturated carbocycles. The molecule has 0 aliphatic heterocycles. The minimum atomic E-state index is -0.546. The van der Waals surface area contributed by atoms with Crippen LogP contribution in [0.3, 0.4) is 0 Å². The van der Waals surface area contributed by atoms with Crippen LogP contribution < -0.4 is 10.5 Å². The summed E-state index contributed by atoms with van der Waals surface area (Å²) < 4.78 is 6.22. The SMILES string of the molecule is COc1ccc(Br)cc1[C@H](N)[C@H](O)CCC(C)C.Cl. The van der Waals surface area contributed by atoms with Gasteiger partial charge in [0.05, 0.1) is 19.3 Å². The van der Waals surface area contributed by atoms with Gasteiger partial charge in [0.2, 0.25) is 0 Å². The Morgan fingerprint density at radius 1 is 1.32 bits per heavy atom. The third-order valence-corrected chi connectivity index (χ3v) is 3.50. The zero-order valence-corrected chi connectivity index (χ0v) is 14.0. The first-order valence-corrected chi connectivity index (χ1v) is 7.02. The fourth-order valence-corrected chi connectivity index (χ4v) is 2.24. The van der Waals surface area contributed by atoms with E-state index >= 15 is 0 Å². The molecular weight excluding hydrogens is 330 g/mol. The molecule has 0 amide bonds. The second-order valence-electron chi connectivity index (χ2n) is 4.95. The van der Waals surface area contributed by atoms with Gasteiger partial charge in [-0.05, 0) is 37.0 Å². The number of rotatable bonds is 6. The molecule has 19 heavy (non-hydrogen) atoms. The number of aliphatic hydroxyl groups excluding tert-OH is 1. The second-order valence-corrected chi connectivity index (χ2v) is 5.87. The highest BCUT2D eigenvalue weighted by molar-refractivity contribution is 9.10. The standard InChI is InChI=1S/C14H22BrNO2.ClH/c1-9(2)4-6-12(17)14(16)11-8-10(15)5-7-13(11)18-3;/h5,7-9,12,14,17H,4,6,16H2,1-3H3;1H/t12-,14+;/m1./s1. The van der Waals surface area contributed by atoms with Crippen molar-refractivity contribution < 1.29 is 9.84 Å². The van der Waals surface area contributed by atoms with E-state index in [0.717, 1.165) is 16.5 Å². The monoisotopic (exact) mass is 351 g/mol. The highest BCUT2D eigenvalue weighted by Gasteiger charge is 2.20. The van der Waals surface area contributed by atoms with Crippen LogP contribution in [0.15, 0.2) is 22.7 Å². The summed E-state index contributed by atoms with van der Waals surface area (Å²) >= 11 is 3.41. The molecule has 0 spiro atoms. The predicted octanol–water partition coefficient (Wildman–Crippen LogP) is 3.68. The Bertz CT molecular complexity index is 388. The fourth-order valence-electron chi connectivity index (χ4n) is 1.86. The Morgan fingerprint density at radius 3 is 2.47 bits per heavy atom. The molecule has 0 bridgehead atoms. The van der Waals surface area contributed by atoms with Gasteiger partial charge in [-0.3, -0.25) is 0 Å². The number of aliphatic hydroxyl groups is 1. The third kappa shape index (κ3) is 5.69. The molecule has 0 aromatic heterocycles. The topological polar surface area (TPSA) is 55.5 Å². The number of hydrogen-bond acceptors (Lipinski definition) is 3. The summed E-state index contributed by atoms with van der Waals surface area (Å²) in [5.74, 6) is 1.28. The van der Waals surface area contributed by atoms with E-state index < -0.39 is 12.1 Å². The maximum absolute atomic E-state index is 10.1. The van der Waals surface area contributed by atoms with Gasteiger partial charge in [-0.15, -0.1) is 12.4 Å². The van der Waals surface area contributed by atoms with Crippen molar-refractivity contribution in [1.82, 2.24) is 0 Å². The average molecular weight is 353 g/mol. The van der Waals surface area contributed by atoms with E-state index in [4.69, 9.17) is 10.5 Å². The van der Waals surface area contributed by atoms with Crippen LogP contribution in [0.5, 0.6) is 5.75 Å². The Morgan fingerprint density at radius 2 is 1.95 bits per heavy atom. The summed E-state index contributed by atoms with van der Waals surface area (Å²) in [6.45, 7) is 4.27. The molecule has 0 unspecified atom stereocenters.